The van der Waals surface area contributed by atoms with E-state index in [2.05, 4.69) is 25.2 Å². The quantitative estimate of drug-likeness (QED) is 0.607. The van der Waals surface area contributed by atoms with Gasteiger partial charge in [-0.15, -0.1) is 0 Å². The van der Waals surface area contributed by atoms with Gasteiger partial charge in [-0.05, 0) is 68.1 Å². The molecule has 3 N–H and O–H groups in total. The van der Waals surface area contributed by atoms with Gasteiger partial charge < -0.3 is 20.4 Å². The van der Waals surface area contributed by atoms with Gasteiger partial charge >= 0.3 is 0 Å². The van der Waals surface area contributed by atoms with Crippen LogP contribution in [0.2, 0.25) is 0 Å². The molecule has 2 atom stereocenters. The minimum atomic E-state index is -0.657. The summed E-state index contributed by atoms with van der Waals surface area (Å²) >= 11 is 0. The van der Waals surface area contributed by atoms with Gasteiger partial charge in [-0.3, -0.25) is 4.79 Å². The maximum Gasteiger partial charge on any atom is 0.233 e. The van der Waals surface area contributed by atoms with Crippen LogP contribution >= 0.6 is 0 Å². The summed E-state index contributed by atoms with van der Waals surface area (Å²) in [6.45, 7) is 4.87. The van der Waals surface area contributed by atoms with Gasteiger partial charge in [0.05, 0.1) is 23.1 Å². The molecule has 3 aromatic rings. The van der Waals surface area contributed by atoms with Gasteiger partial charge in [0, 0.05) is 18.5 Å². The molecule has 6 nitrogen and oxygen atoms in total. The second-order valence-electron chi connectivity index (χ2n) is 9.00. The van der Waals surface area contributed by atoms with Gasteiger partial charge in [-0.2, -0.15) is 0 Å². The fourth-order valence-corrected chi connectivity index (χ4v) is 4.70. The van der Waals surface area contributed by atoms with Crippen LogP contribution in [0.3, 0.4) is 0 Å². The fourth-order valence-electron chi connectivity index (χ4n) is 4.70. The van der Waals surface area contributed by atoms with Crippen LogP contribution in [0.5, 0.6) is 5.75 Å². The third-order valence-electron chi connectivity index (χ3n) is 6.66. The molecule has 2 aliphatic rings. The van der Waals surface area contributed by atoms with Crippen molar-refractivity contribution in [1.82, 2.24) is 9.88 Å². The molecule has 1 aliphatic carbocycles. The van der Waals surface area contributed by atoms with Crippen molar-refractivity contribution < 1.29 is 15.0 Å². The van der Waals surface area contributed by atoms with E-state index in [0.29, 0.717) is 18.9 Å². The Labute approximate surface area is 181 Å². The predicted molar refractivity (Wildman–Crippen MR) is 120 cm³/mol. The Kier molecular flexibility index (Phi) is 4.63. The first-order valence-corrected chi connectivity index (χ1v) is 10.8. The summed E-state index contributed by atoms with van der Waals surface area (Å²) in [7, 11) is 0. The van der Waals surface area contributed by atoms with Crippen LogP contribution in [0.15, 0.2) is 48.5 Å². The number of benzene rings is 2. The Bertz CT molecular complexity index is 1150. The minimum Gasteiger partial charge on any atom is -0.508 e. The van der Waals surface area contributed by atoms with Crippen molar-refractivity contribution in [2.45, 2.75) is 44.2 Å². The second-order valence-corrected chi connectivity index (χ2v) is 9.00. The number of hydrogen-bond donors (Lipinski definition) is 3. The SMILES string of the molecule is Cc1ccc2nc(N[C@@H]3CN(C(=O)C4(c5ccc(O)cc5)CC4)C[C@H]3O)cc(C)c2c1. The van der Waals surface area contributed by atoms with Crippen molar-refractivity contribution in [3.8, 4) is 5.75 Å². The van der Waals surface area contributed by atoms with Crippen molar-refractivity contribution in [2.24, 2.45) is 0 Å². The Morgan fingerprint density at radius 2 is 1.84 bits per heavy atom. The van der Waals surface area contributed by atoms with Crippen LogP contribution in [0, 0.1) is 13.8 Å². The molecule has 1 amide bonds. The van der Waals surface area contributed by atoms with Gasteiger partial charge in [-0.1, -0.05) is 23.8 Å². The van der Waals surface area contributed by atoms with E-state index in [1.54, 1.807) is 17.0 Å². The number of amides is 1. The molecule has 1 aliphatic heterocycles. The number of hydrogen-bond acceptors (Lipinski definition) is 5. The van der Waals surface area contributed by atoms with E-state index in [4.69, 9.17) is 4.98 Å². The van der Waals surface area contributed by atoms with Crippen LogP contribution in [-0.4, -0.2) is 51.2 Å². The number of aryl methyl sites for hydroxylation is 2. The molecule has 6 heteroatoms. The Balaban J connectivity index is 1.33. The number of β-amino-alcohol motifs (C(OH)–C–C–N with tert-alkyl or cyclic N) is 1. The van der Waals surface area contributed by atoms with Crippen molar-refractivity contribution in [2.75, 3.05) is 18.4 Å². The van der Waals surface area contributed by atoms with E-state index in [9.17, 15) is 15.0 Å². The first kappa shape index (κ1) is 19.8. The smallest absolute Gasteiger partial charge is 0.233 e. The maximum atomic E-state index is 13.3. The molecule has 31 heavy (non-hydrogen) atoms. The Hall–Kier alpha value is -3.12. The summed E-state index contributed by atoms with van der Waals surface area (Å²) < 4.78 is 0. The molecular formula is C25H27N3O3. The van der Waals surface area contributed by atoms with Crippen LogP contribution in [-0.2, 0) is 10.2 Å². The molecule has 1 saturated carbocycles. The Morgan fingerprint density at radius 1 is 1.10 bits per heavy atom. The van der Waals surface area contributed by atoms with E-state index in [-0.39, 0.29) is 17.7 Å². The van der Waals surface area contributed by atoms with Crippen LogP contribution < -0.4 is 5.32 Å². The number of aromatic nitrogens is 1. The number of pyridine rings is 1. The van der Waals surface area contributed by atoms with Gasteiger partial charge in [0.25, 0.3) is 0 Å². The number of aromatic hydroxyl groups is 1. The van der Waals surface area contributed by atoms with Gasteiger partial charge in [-0.25, -0.2) is 4.98 Å². The number of likely N-dealkylation sites (tertiary alicyclic amines) is 1. The standard InChI is InChI=1S/C25H27N3O3/c1-15-3-8-20-19(11-15)16(2)12-23(26-20)27-21-13-28(14-22(21)30)24(31)25(9-10-25)17-4-6-18(29)7-5-17/h3-8,11-12,21-22,29-30H,9-10,13-14H2,1-2H3,(H,26,27)/t21-,22-/m1/s1. The third kappa shape index (κ3) is 3.51. The number of carbonyl (C=O) groups is 1. The summed E-state index contributed by atoms with van der Waals surface area (Å²) in [5, 5.41) is 24.7. The third-order valence-corrected chi connectivity index (χ3v) is 6.66. The topological polar surface area (TPSA) is 85.7 Å². The van der Waals surface area contributed by atoms with Crippen molar-refractivity contribution >= 4 is 22.6 Å². The van der Waals surface area contributed by atoms with Crippen LogP contribution in [0.4, 0.5) is 5.82 Å². The number of nitrogens with zero attached hydrogens (tertiary/aromatic N) is 2. The highest BCUT2D eigenvalue weighted by atomic mass is 16.3. The summed E-state index contributed by atoms with van der Waals surface area (Å²) in [4.78, 5) is 19.8. The lowest BCUT2D eigenvalue weighted by Crippen LogP contribution is -2.39. The average molecular weight is 418 g/mol. The number of carbonyl (C=O) groups excluding carboxylic acids is 1. The Morgan fingerprint density at radius 3 is 2.55 bits per heavy atom. The number of fused-ring (bicyclic) bond motifs is 1. The molecular weight excluding hydrogens is 390 g/mol. The lowest BCUT2D eigenvalue weighted by Gasteiger charge is -2.23. The number of aliphatic hydroxyl groups excluding tert-OH is 1. The maximum absolute atomic E-state index is 13.3. The number of rotatable bonds is 4. The zero-order valence-corrected chi connectivity index (χ0v) is 17.8. The molecule has 0 spiro atoms. The summed E-state index contributed by atoms with van der Waals surface area (Å²) in [5.74, 6) is 0.965. The summed E-state index contributed by atoms with van der Waals surface area (Å²) in [5.41, 5.74) is 3.65. The first-order valence-electron chi connectivity index (χ1n) is 10.8. The normalized spacial score (nSPS) is 22.0. The number of phenols is 1. The zero-order chi connectivity index (χ0) is 21.8. The average Bonchev–Trinajstić information content (AvgIpc) is 3.47. The summed E-state index contributed by atoms with van der Waals surface area (Å²) in [6, 6.07) is 14.8. The van der Waals surface area contributed by atoms with Gasteiger partial charge in [0.15, 0.2) is 0 Å². The monoisotopic (exact) mass is 417 g/mol. The van der Waals surface area contributed by atoms with Crippen molar-refractivity contribution in [3.05, 3.63) is 65.2 Å². The van der Waals surface area contributed by atoms with Gasteiger partial charge in [0.2, 0.25) is 5.91 Å². The van der Waals surface area contributed by atoms with E-state index >= 15 is 0 Å². The largest absolute Gasteiger partial charge is 0.508 e. The van der Waals surface area contributed by atoms with E-state index < -0.39 is 11.5 Å². The second kappa shape index (κ2) is 7.24. The molecule has 5 rings (SSSR count). The molecule has 2 fully saturated rings. The molecule has 2 heterocycles. The highest BCUT2D eigenvalue weighted by Crippen LogP contribution is 2.50. The highest BCUT2D eigenvalue weighted by Gasteiger charge is 2.54. The number of anilines is 1. The molecule has 0 radical (unpaired) electrons. The molecule has 1 saturated heterocycles. The van der Waals surface area contributed by atoms with E-state index in [1.807, 2.05) is 30.3 Å². The summed E-state index contributed by atoms with van der Waals surface area (Å²) in [6.07, 6.45) is 0.938. The molecule has 0 unspecified atom stereocenters. The van der Waals surface area contributed by atoms with E-state index in [0.717, 1.165) is 34.9 Å². The van der Waals surface area contributed by atoms with Gasteiger partial charge in [0.1, 0.15) is 11.6 Å². The van der Waals surface area contributed by atoms with Crippen LogP contribution in [0.25, 0.3) is 10.9 Å². The van der Waals surface area contributed by atoms with Crippen LogP contribution in [0.1, 0.15) is 29.5 Å². The zero-order valence-electron chi connectivity index (χ0n) is 17.8. The molecule has 2 aromatic carbocycles. The number of aliphatic hydroxyl groups is 1. The first-order chi connectivity index (χ1) is 14.9. The molecule has 0 bridgehead atoms. The predicted octanol–water partition coefficient (Wildman–Crippen LogP) is 3.27. The fraction of sp³-hybridized carbons (Fsp3) is 0.360. The minimum absolute atomic E-state index is 0.0552. The van der Waals surface area contributed by atoms with E-state index in [1.165, 1.54) is 5.56 Å². The molecule has 160 valence electrons. The molecule has 1 aromatic heterocycles. The lowest BCUT2D eigenvalue weighted by molar-refractivity contribution is -0.133. The lowest BCUT2D eigenvalue weighted by atomic mass is 9.94. The van der Waals surface area contributed by atoms with Crippen molar-refractivity contribution in [3.63, 3.8) is 0 Å². The number of phenolic OH excluding ortho intramolecular Hbond substituents is 1. The highest BCUT2D eigenvalue weighted by molar-refractivity contribution is 5.91. The van der Waals surface area contributed by atoms with Crippen molar-refractivity contribution in [1.29, 1.82) is 0 Å². The number of nitrogens with one attached hydrogen (secondary N) is 1.